The average Bonchev–Trinajstić information content (AvgIpc) is 2.83. The molecule has 32 heavy (non-hydrogen) atoms. The number of nitrogens with one attached hydrogen (secondary N) is 1. The number of fused-ring (bicyclic) bond motifs is 1. The summed E-state index contributed by atoms with van der Waals surface area (Å²) in [5.41, 5.74) is 4.38. The van der Waals surface area contributed by atoms with Gasteiger partial charge in [0.25, 0.3) is 5.91 Å². The van der Waals surface area contributed by atoms with Gasteiger partial charge < -0.3 is 9.47 Å². The summed E-state index contributed by atoms with van der Waals surface area (Å²) in [6.45, 7) is -0.0434. The minimum Gasteiger partial charge on any atom is -0.489 e. The number of halogens is 1. The summed E-state index contributed by atoms with van der Waals surface area (Å²) in [5.74, 6) is 0.450. The molecule has 0 aliphatic rings. The highest BCUT2D eigenvalue weighted by Crippen LogP contribution is 2.22. The standard InChI is InChI=1S/C25H20FN3O3/c26-22-8-2-1-5-20(22)16-31-21-12-10-18(11-13-21)15-28-29-24(30)17-32-23-9-3-6-19-7-4-14-27-25(19)23/h1-15H,16-17H2,(H,29,30)/b28-15+. The van der Waals surface area contributed by atoms with Crippen molar-refractivity contribution in [3.8, 4) is 11.5 Å². The predicted octanol–water partition coefficient (Wildman–Crippen LogP) is 4.48. The Hall–Kier alpha value is -4.26. The van der Waals surface area contributed by atoms with Gasteiger partial charge in [-0.3, -0.25) is 9.78 Å². The van der Waals surface area contributed by atoms with Crippen LogP contribution in [0.4, 0.5) is 4.39 Å². The first-order chi connectivity index (χ1) is 15.7. The van der Waals surface area contributed by atoms with Gasteiger partial charge in [-0.1, -0.05) is 36.4 Å². The lowest BCUT2D eigenvalue weighted by Gasteiger charge is -2.08. The molecule has 1 heterocycles. The third-order valence-electron chi connectivity index (χ3n) is 4.59. The molecule has 0 saturated heterocycles. The second-order valence-corrected chi connectivity index (χ2v) is 6.86. The molecule has 0 bridgehead atoms. The Kier molecular flexibility index (Phi) is 6.67. The van der Waals surface area contributed by atoms with Crippen LogP contribution in [0.25, 0.3) is 10.9 Å². The van der Waals surface area contributed by atoms with Crippen LogP contribution in [0, 0.1) is 5.82 Å². The highest BCUT2D eigenvalue weighted by atomic mass is 19.1. The van der Waals surface area contributed by atoms with E-state index in [9.17, 15) is 9.18 Å². The summed E-state index contributed by atoms with van der Waals surface area (Å²) >= 11 is 0. The van der Waals surface area contributed by atoms with Crippen molar-refractivity contribution in [3.63, 3.8) is 0 Å². The zero-order chi connectivity index (χ0) is 22.2. The van der Waals surface area contributed by atoms with Crippen LogP contribution in [0.2, 0.25) is 0 Å². The normalized spacial score (nSPS) is 10.9. The monoisotopic (exact) mass is 429 g/mol. The lowest BCUT2D eigenvalue weighted by atomic mass is 10.2. The van der Waals surface area contributed by atoms with E-state index in [4.69, 9.17) is 9.47 Å². The molecule has 6 nitrogen and oxygen atoms in total. The van der Waals surface area contributed by atoms with E-state index in [1.807, 2.05) is 24.3 Å². The van der Waals surface area contributed by atoms with Crippen LogP contribution in [-0.4, -0.2) is 23.7 Å². The van der Waals surface area contributed by atoms with E-state index in [1.165, 1.54) is 12.3 Å². The number of nitrogens with zero attached hydrogens (tertiary/aromatic N) is 2. The molecule has 0 atom stereocenters. The lowest BCUT2D eigenvalue weighted by Crippen LogP contribution is -2.24. The number of aromatic nitrogens is 1. The summed E-state index contributed by atoms with van der Waals surface area (Å²) < 4.78 is 24.8. The summed E-state index contributed by atoms with van der Waals surface area (Å²) in [7, 11) is 0. The predicted molar refractivity (Wildman–Crippen MR) is 120 cm³/mol. The van der Waals surface area contributed by atoms with Gasteiger partial charge in [0.1, 0.15) is 29.4 Å². The zero-order valence-electron chi connectivity index (χ0n) is 17.1. The van der Waals surface area contributed by atoms with Crippen molar-refractivity contribution in [1.29, 1.82) is 0 Å². The highest BCUT2D eigenvalue weighted by Gasteiger charge is 2.06. The maximum Gasteiger partial charge on any atom is 0.277 e. The van der Waals surface area contributed by atoms with E-state index < -0.39 is 0 Å². The number of ether oxygens (including phenoxy) is 2. The fourth-order valence-electron chi connectivity index (χ4n) is 2.97. The largest absolute Gasteiger partial charge is 0.489 e. The number of carbonyl (C=O) groups is 1. The third kappa shape index (κ3) is 5.46. The van der Waals surface area contributed by atoms with Crippen molar-refractivity contribution in [2.45, 2.75) is 6.61 Å². The Morgan fingerprint density at radius 1 is 0.969 bits per heavy atom. The molecule has 160 valence electrons. The molecule has 1 N–H and O–H groups in total. The Morgan fingerprint density at radius 3 is 2.62 bits per heavy atom. The maximum atomic E-state index is 13.6. The van der Waals surface area contributed by atoms with Gasteiger partial charge in [0.05, 0.1) is 6.21 Å². The molecule has 7 heteroatoms. The van der Waals surface area contributed by atoms with Crippen LogP contribution < -0.4 is 14.9 Å². The molecule has 1 aromatic heterocycles. The Balaban J connectivity index is 1.25. The van der Waals surface area contributed by atoms with E-state index in [0.29, 0.717) is 22.6 Å². The van der Waals surface area contributed by atoms with E-state index in [1.54, 1.807) is 54.7 Å². The van der Waals surface area contributed by atoms with Gasteiger partial charge in [-0.15, -0.1) is 0 Å². The van der Waals surface area contributed by atoms with Gasteiger partial charge in [0, 0.05) is 17.1 Å². The van der Waals surface area contributed by atoms with Crippen LogP contribution in [0.5, 0.6) is 11.5 Å². The summed E-state index contributed by atoms with van der Waals surface area (Å²) in [4.78, 5) is 16.3. The Morgan fingerprint density at radius 2 is 1.78 bits per heavy atom. The number of pyridine rings is 1. The molecule has 0 aliphatic heterocycles. The van der Waals surface area contributed by atoms with Crippen molar-refractivity contribution >= 4 is 23.0 Å². The molecule has 0 saturated carbocycles. The number of rotatable bonds is 8. The van der Waals surface area contributed by atoms with Crippen LogP contribution in [-0.2, 0) is 11.4 Å². The molecular formula is C25H20FN3O3. The van der Waals surface area contributed by atoms with Gasteiger partial charge in [-0.05, 0) is 48.0 Å². The number of para-hydroxylation sites is 1. The first-order valence-electron chi connectivity index (χ1n) is 9.94. The van der Waals surface area contributed by atoms with Gasteiger partial charge in [-0.2, -0.15) is 5.10 Å². The molecule has 0 fully saturated rings. The van der Waals surface area contributed by atoms with Crippen LogP contribution in [0.3, 0.4) is 0 Å². The van der Waals surface area contributed by atoms with Gasteiger partial charge in [0.2, 0.25) is 0 Å². The van der Waals surface area contributed by atoms with E-state index >= 15 is 0 Å². The fraction of sp³-hybridized carbons (Fsp3) is 0.0800. The summed E-state index contributed by atoms with van der Waals surface area (Å²) in [5, 5.41) is 4.88. The van der Waals surface area contributed by atoms with Crippen molar-refractivity contribution in [2.24, 2.45) is 5.10 Å². The number of amides is 1. The Labute approximate surface area is 184 Å². The molecule has 0 unspecified atom stereocenters. The van der Waals surface area contributed by atoms with Crippen molar-refractivity contribution in [3.05, 3.63) is 102 Å². The molecule has 0 aliphatic carbocycles. The average molecular weight is 429 g/mol. The van der Waals surface area contributed by atoms with Crippen molar-refractivity contribution < 1.29 is 18.7 Å². The van der Waals surface area contributed by atoms with E-state index in [-0.39, 0.29) is 24.9 Å². The molecular weight excluding hydrogens is 409 g/mol. The Bertz CT molecular complexity index is 1240. The lowest BCUT2D eigenvalue weighted by molar-refractivity contribution is -0.123. The number of hydrogen-bond acceptors (Lipinski definition) is 5. The zero-order valence-corrected chi connectivity index (χ0v) is 17.1. The molecule has 3 aromatic carbocycles. The van der Waals surface area contributed by atoms with E-state index in [0.717, 1.165) is 10.9 Å². The number of benzene rings is 3. The molecule has 0 radical (unpaired) electrons. The van der Waals surface area contributed by atoms with Crippen LogP contribution in [0.1, 0.15) is 11.1 Å². The fourth-order valence-corrected chi connectivity index (χ4v) is 2.97. The minimum absolute atomic E-state index is 0.141. The van der Waals surface area contributed by atoms with Crippen LogP contribution >= 0.6 is 0 Å². The van der Waals surface area contributed by atoms with Gasteiger partial charge in [0.15, 0.2) is 6.61 Å². The summed E-state index contributed by atoms with van der Waals surface area (Å²) in [6.07, 6.45) is 3.19. The first-order valence-corrected chi connectivity index (χ1v) is 9.94. The third-order valence-corrected chi connectivity index (χ3v) is 4.59. The number of carbonyl (C=O) groups excluding carboxylic acids is 1. The SMILES string of the molecule is O=C(COc1cccc2cccnc12)N/N=C/c1ccc(OCc2ccccc2F)cc1. The minimum atomic E-state index is -0.390. The number of hydrazone groups is 1. The van der Waals surface area contributed by atoms with Gasteiger partial charge >= 0.3 is 0 Å². The topological polar surface area (TPSA) is 72.8 Å². The summed E-state index contributed by atoms with van der Waals surface area (Å²) in [6, 6.07) is 22.9. The van der Waals surface area contributed by atoms with Gasteiger partial charge in [-0.25, -0.2) is 9.82 Å². The first kappa shape index (κ1) is 21.0. The molecule has 4 aromatic rings. The van der Waals surface area contributed by atoms with Crippen molar-refractivity contribution in [2.75, 3.05) is 6.61 Å². The highest BCUT2D eigenvalue weighted by molar-refractivity contribution is 5.85. The van der Waals surface area contributed by atoms with Crippen LogP contribution in [0.15, 0.2) is 90.2 Å². The molecule has 1 amide bonds. The number of hydrogen-bond donors (Lipinski definition) is 1. The molecule has 0 spiro atoms. The second kappa shape index (κ2) is 10.2. The second-order valence-electron chi connectivity index (χ2n) is 6.86. The smallest absolute Gasteiger partial charge is 0.277 e. The van der Waals surface area contributed by atoms with Crippen molar-refractivity contribution in [1.82, 2.24) is 10.4 Å². The molecule has 4 rings (SSSR count). The quantitative estimate of drug-likeness (QED) is 0.331. The maximum absolute atomic E-state index is 13.6. The van der Waals surface area contributed by atoms with E-state index in [2.05, 4.69) is 15.5 Å².